The molecule has 2 heterocycles. The Hall–Kier alpha value is -1.94. The van der Waals surface area contributed by atoms with Gasteiger partial charge in [-0.25, -0.2) is 8.42 Å². The maximum absolute atomic E-state index is 13.0. The molecule has 1 amide bonds. The standard InChI is InChI=1S/C18H21ClF3N3O3S/c1-10-15(17(26)25-7-3-4-8-25)16(11(2)23-10)29(27,28)24-12-5-6-13(14(19)9-12)18(20,21)22/h5-6,9-10,15,23-24H,3-4,7-8H2,1-2H3. The van der Waals surface area contributed by atoms with Crippen LogP contribution in [0.5, 0.6) is 0 Å². The van der Waals surface area contributed by atoms with E-state index in [0.717, 1.165) is 25.0 Å². The number of hydrogen-bond acceptors (Lipinski definition) is 4. The van der Waals surface area contributed by atoms with Gasteiger partial charge in [-0.3, -0.25) is 9.52 Å². The number of allylic oxidation sites excluding steroid dienone is 1. The van der Waals surface area contributed by atoms with Crippen LogP contribution in [0.2, 0.25) is 5.02 Å². The lowest BCUT2D eigenvalue weighted by Crippen LogP contribution is -2.41. The van der Waals surface area contributed by atoms with Crippen LogP contribution in [-0.4, -0.2) is 38.4 Å². The summed E-state index contributed by atoms with van der Waals surface area (Å²) in [6.45, 7) is 4.44. The molecule has 0 saturated carbocycles. The molecule has 2 aliphatic heterocycles. The Morgan fingerprint density at radius 3 is 2.45 bits per heavy atom. The molecular formula is C18H21ClF3N3O3S. The summed E-state index contributed by atoms with van der Waals surface area (Å²) in [7, 11) is -4.20. The largest absolute Gasteiger partial charge is 0.417 e. The number of anilines is 1. The molecule has 1 saturated heterocycles. The van der Waals surface area contributed by atoms with Crippen molar-refractivity contribution in [2.75, 3.05) is 17.8 Å². The van der Waals surface area contributed by atoms with E-state index in [0.29, 0.717) is 24.9 Å². The lowest BCUT2D eigenvalue weighted by molar-refractivity contribution is -0.137. The molecule has 2 aliphatic rings. The second-order valence-corrected chi connectivity index (χ2v) is 9.29. The van der Waals surface area contributed by atoms with Gasteiger partial charge in [0.1, 0.15) is 0 Å². The Labute approximate surface area is 172 Å². The third-order valence-electron chi connectivity index (χ3n) is 5.10. The highest BCUT2D eigenvalue weighted by molar-refractivity contribution is 7.96. The summed E-state index contributed by atoms with van der Waals surface area (Å²) in [6.07, 6.45) is -2.91. The summed E-state index contributed by atoms with van der Waals surface area (Å²) in [5.74, 6) is -1.18. The third kappa shape index (κ3) is 4.32. The van der Waals surface area contributed by atoms with Crippen LogP contribution in [0.25, 0.3) is 0 Å². The minimum atomic E-state index is -4.65. The quantitative estimate of drug-likeness (QED) is 0.733. The van der Waals surface area contributed by atoms with Crippen LogP contribution < -0.4 is 10.0 Å². The minimum absolute atomic E-state index is 0.0991. The van der Waals surface area contributed by atoms with Gasteiger partial charge in [0.2, 0.25) is 5.91 Å². The maximum atomic E-state index is 13.0. The first kappa shape index (κ1) is 21.8. The number of hydrogen-bond donors (Lipinski definition) is 2. The maximum Gasteiger partial charge on any atom is 0.417 e. The zero-order chi connectivity index (χ0) is 21.6. The SMILES string of the molecule is CC1=C(S(=O)(=O)Nc2ccc(C(F)(F)F)c(Cl)c2)C(C(=O)N2CCCC2)C(C)N1. The Kier molecular flexibility index (Phi) is 5.79. The average Bonchev–Trinajstić information content (AvgIpc) is 3.20. The zero-order valence-electron chi connectivity index (χ0n) is 15.8. The fourth-order valence-corrected chi connectivity index (χ4v) is 5.74. The fraction of sp³-hybridized carbons (Fsp3) is 0.500. The van der Waals surface area contributed by atoms with Crippen molar-refractivity contribution in [1.82, 2.24) is 10.2 Å². The third-order valence-corrected chi connectivity index (χ3v) is 7.05. The van der Waals surface area contributed by atoms with Crippen molar-refractivity contribution in [3.8, 4) is 0 Å². The summed E-state index contributed by atoms with van der Waals surface area (Å²) in [6, 6.07) is 2.18. The number of sulfonamides is 1. The fourth-order valence-electron chi connectivity index (χ4n) is 3.80. The van der Waals surface area contributed by atoms with Crippen molar-refractivity contribution >= 4 is 33.2 Å². The van der Waals surface area contributed by atoms with Gasteiger partial charge in [0.25, 0.3) is 10.0 Å². The molecule has 6 nitrogen and oxygen atoms in total. The van der Waals surface area contributed by atoms with E-state index in [-0.39, 0.29) is 16.5 Å². The molecule has 1 fully saturated rings. The van der Waals surface area contributed by atoms with E-state index in [1.54, 1.807) is 18.7 Å². The van der Waals surface area contributed by atoms with Crippen LogP contribution in [0.3, 0.4) is 0 Å². The highest BCUT2D eigenvalue weighted by atomic mass is 35.5. The van der Waals surface area contributed by atoms with Crippen molar-refractivity contribution in [2.45, 2.75) is 38.9 Å². The molecule has 0 spiro atoms. The van der Waals surface area contributed by atoms with Crippen LogP contribution in [0, 0.1) is 5.92 Å². The second kappa shape index (κ2) is 7.71. The average molecular weight is 452 g/mol. The van der Waals surface area contributed by atoms with Gasteiger partial charge in [-0.1, -0.05) is 11.6 Å². The van der Waals surface area contributed by atoms with Crippen molar-refractivity contribution in [3.05, 3.63) is 39.4 Å². The number of nitrogens with zero attached hydrogens (tertiary/aromatic N) is 1. The zero-order valence-corrected chi connectivity index (χ0v) is 17.4. The van der Waals surface area contributed by atoms with Crippen molar-refractivity contribution in [2.24, 2.45) is 5.92 Å². The molecule has 2 atom stereocenters. The number of benzene rings is 1. The number of rotatable bonds is 4. The van der Waals surface area contributed by atoms with Crippen LogP contribution in [0.4, 0.5) is 18.9 Å². The Bertz CT molecular complexity index is 957. The van der Waals surface area contributed by atoms with Crippen molar-refractivity contribution < 1.29 is 26.4 Å². The van der Waals surface area contributed by atoms with Crippen LogP contribution in [0.1, 0.15) is 32.3 Å². The van der Waals surface area contributed by atoms with E-state index >= 15 is 0 Å². The topological polar surface area (TPSA) is 78.5 Å². The lowest BCUT2D eigenvalue weighted by Gasteiger charge is -2.24. The number of halogens is 4. The van der Waals surface area contributed by atoms with E-state index in [9.17, 15) is 26.4 Å². The Morgan fingerprint density at radius 1 is 1.28 bits per heavy atom. The summed E-state index contributed by atoms with van der Waals surface area (Å²) in [4.78, 5) is 14.5. The molecule has 0 radical (unpaired) electrons. The van der Waals surface area contributed by atoms with Gasteiger partial charge in [0.15, 0.2) is 0 Å². The summed E-state index contributed by atoms with van der Waals surface area (Å²) >= 11 is 5.68. The Balaban J connectivity index is 1.90. The van der Waals surface area contributed by atoms with E-state index in [4.69, 9.17) is 11.6 Å². The summed E-state index contributed by atoms with van der Waals surface area (Å²) in [5.41, 5.74) is -0.841. The number of carbonyl (C=O) groups excluding carboxylic acids is 1. The van der Waals surface area contributed by atoms with Gasteiger partial charge in [-0.05, 0) is 44.9 Å². The summed E-state index contributed by atoms with van der Waals surface area (Å²) in [5, 5.41) is 2.37. The lowest BCUT2D eigenvalue weighted by atomic mass is 10.0. The molecule has 11 heteroatoms. The second-order valence-electron chi connectivity index (χ2n) is 7.23. The molecule has 2 unspecified atom stereocenters. The molecule has 29 heavy (non-hydrogen) atoms. The number of likely N-dealkylation sites (tertiary alicyclic amines) is 1. The van der Waals surface area contributed by atoms with Gasteiger partial charge in [-0.15, -0.1) is 0 Å². The van der Waals surface area contributed by atoms with Crippen molar-refractivity contribution in [1.29, 1.82) is 0 Å². The van der Waals surface area contributed by atoms with E-state index in [2.05, 4.69) is 10.0 Å². The molecule has 0 bridgehead atoms. The minimum Gasteiger partial charge on any atom is -0.384 e. The predicted octanol–water partition coefficient (Wildman–Crippen LogP) is 3.56. The Morgan fingerprint density at radius 2 is 1.90 bits per heavy atom. The van der Waals surface area contributed by atoms with Crippen LogP contribution >= 0.6 is 11.6 Å². The van der Waals surface area contributed by atoms with Crippen LogP contribution in [-0.2, 0) is 21.0 Å². The molecule has 3 rings (SSSR count). The monoisotopic (exact) mass is 451 g/mol. The molecule has 0 aromatic heterocycles. The smallest absolute Gasteiger partial charge is 0.384 e. The first-order chi connectivity index (χ1) is 13.4. The number of nitrogens with one attached hydrogen (secondary N) is 2. The number of carbonyl (C=O) groups is 1. The van der Waals surface area contributed by atoms with E-state index in [1.165, 1.54) is 0 Å². The molecule has 160 valence electrons. The molecule has 1 aromatic carbocycles. The highest BCUT2D eigenvalue weighted by Crippen LogP contribution is 2.37. The summed E-state index contributed by atoms with van der Waals surface area (Å²) < 4.78 is 66.9. The molecule has 1 aromatic rings. The van der Waals surface area contributed by atoms with E-state index < -0.39 is 38.7 Å². The van der Waals surface area contributed by atoms with Gasteiger partial charge in [-0.2, -0.15) is 13.2 Å². The molecule has 2 N–H and O–H groups in total. The molecule has 0 aliphatic carbocycles. The first-order valence-corrected chi connectivity index (χ1v) is 10.9. The van der Waals surface area contributed by atoms with Gasteiger partial charge >= 0.3 is 6.18 Å². The number of alkyl halides is 3. The molecular weight excluding hydrogens is 431 g/mol. The number of amides is 1. The van der Waals surface area contributed by atoms with E-state index in [1.807, 2.05) is 0 Å². The van der Waals surface area contributed by atoms with Gasteiger partial charge in [0.05, 0.1) is 27.1 Å². The first-order valence-electron chi connectivity index (χ1n) is 9.07. The van der Waals surface area contributed by atoms with Gasteiger partial charge < -0.3 is 10.2 Å². The van der Waals surface area contributed by atoms with Crippen LogP contribution in [0.15, 0.2) is 28.8 Å². The van der Waals surface area contributed by atoms with Crippen molar-refractivity contribution in [3.63, 3.8) is 0 Å². The predicted molar refractivity (Wildman–Crippen MR) is 104 cm³/mol. The highest BCUT2D eigenvalue weighted by Gasteiger charge is 2.44. The normalized spacial score (nSPS) is 22.8. The van der Waals surface area contributed by atoms with Gasteiger partial charge in [0, 0.05) is 24.8 Å².